The third-order valence-electron chi connectivity index (χ3n) is 2.75. The molecule has 0 radical (unpaired) electrons. The molecule has 0 fully saturated rings. The minimum absolute atomic E-state index is 0.738. The standard InChI is InChI=1S/C14H9BrClN/c15-12-6-5-10(16)8-11(12)14-7-9-3-1-2-4-13(9)17-14/h1-8,17H. The highest BCUT2D eigenvalue weighted by molar-refractivity contribution is 9.10. The summed E-state index contributed by atoms with van der Waals surface area (Å²) in [7, 11) is 0. The lowest BCUT2D eigenvalue weighted by Crippen LogP contribution is -1.79. The van der Waals surface area contributed by atoms with E-state index in [1.807, 2.05) is 30.3 Å². The van der Waals surface area contributed by atoms with Crippen LogP contribution in [0.2, 0.25) is 5.02 Å². The molecule has 0 aliphatic heterocycles. The van der Waals surface area contributed by atoms with Gasteiger partial charge in [-0.15, -0.1) is 0 Å². The maximum Gasteiger partial charge on any atom is 0.0476 e. The van der Waals surface area contributed by atoms with E-state index in [0.29, 0.717) is 0 Å². The van der Waals surface area contributed by atoms with Gasteiger partial charge in [-0.1, -0.05) is 45.7 Å². The molecule has 1 N–H and O–H groups in total. The molecule has 0 spiro atoms. The highest BCUT2D eigenvalue weighted by Gasteiger charge is 2.07. The minimum Gasteiger partial charge on any atom is -0.354 e. The van der Waals surface area contributed by atoms with Crippen LogP contribution in [0.15, 0.2) is 53.0 Å². The molecular weight excluding hydrogens is 298 g/mol. The Morgan fingerprint density at radius 2 is 1.82 bits per heavy atom. The molecular formula is C14H9BrClN. The van der Waals surface area contributed by atoms with Gasteiger partial charge < -0.3 is 4.98 Å². The van der Waals surface area contributed by atoms with Crippen molar-refractivity contribution in [1.29, 1.82) is 0 Å². The number of benzene rings is 2. The molecule has 0 bridgehead atoms. The predicted octanol–water partition coefficient (Wildman–Crippen LogP) is 5.25. The lowest BCUT2D eigenvalue weighted by atomic mass is 10.1. The van der Waals surface area contributed by atoms with Crippen molar-refractivity contribution in [3.05, 3.63) is 58.0 Å². The number of halogens is 2. The Labute approximate surface area is 113 Å². The van der Waals surface area contributed by atoms with Gasteiger partial charge in [-0.2, -0.15) is 0 Å². The van der Waals surface area contributed by atoms with Gasteiger partial charge in [0.15, 0.2) is 0 Å². The normalized spacial score (nSPS) is 10.9. The second-order valence-corrected chi connectivity index (χ2v) is 5.19. The fraction of sp³-hybridized carbons (Fsp3) is 0. The van der Waals surface area contributed by atoms with Crippen molar-refractivity contribution >= 4 is 38.4 Å². The monoisotopic (exact) mass is 305 g/mol. The van der Waals surface area contributed by atoms with E-state index in [4.69, 9.17) is 11.6 Å². The van der Waals surface area contributed by atoms with Crippen LogP contribution in [0.25, 0.3) is 22.2 Å². The van der Waals surface area contributed by atoms with Crippen molar-refractivity contribution in [2.45, 2.75) is 0 Å². The average Bonchev–Trinajstić information content (AvgIpc) is 2.75. The fourth-order valence-electron chi connectivity index (χ4n) is 1.92. The third kappa shape index (κ3) is 1.99. The van der Waals surface area contributed by atoms with E-state index in [1.165, 1.54) is 5.39 Å². The molecule has 1 aromatic heterocycles. The van der Waals surface area contributed by atoms with Gasteiger partial charge in [-0.05, 0) is 30.3 Å². The molecule has 3 heteroatoms. The summed E-state index contributed by atoms with van der Waals surface area (Å²) >= 11 is 9.58. The number of hydrogen-bond donors (Lipinski definition) is 1. The van der Waals surface area contributed by atoms with E-state index in [9.17, 15) is 0 Å². The number of aromatic nitrogens is 1. The second-order valence-electron chi connectivity index (χ2n) is 3.89. The molecule has 3 rings (SSSR count). The van der Waals surface area contributed by atoms with Crippen molar-refractivity contribution in [2.75, 3.05) is 0 Å². The third-order valence-corrected chi connectivity index (χ3v) is 3.68. The molecule has 1 nitrogen and oxygen atoms in total. The van der Waals surface area contributed by atoms with Crippen molar-refractivity contribution in [2.24, 2.45) is 0 Å². The molecule has 0 unspecified atom stereocenters. The zero-order valence-corrected chi connectivity index (χ0v) is 11.2. The van der Waals surface area contributed by atoms with Crippen LogP contribution in [0.3, 0.4) is 0 Å². The van der Waals surface area contributed by atoms with Crippen LogP contribution in [0.1, 0.15) is 0 Å². The molecule has 1 heterocycles. The van der Waals surface area contributed by atoms with Crippen molar-refractivity contribution in [1.82, 2.24) is 4.98 Å². The van der Waals surface area contributed by atoms with Gasteiger partial charge in [-0.3, -0.25) is 0 Å². The van der Waals surface area contributed by atoms with Crippen LogP contribution in [0.4, 0.5) is 0 Å². The Morgan fingerprint density at radius 3 is 2.65 bits per heavy atom. The first-order valence-corrected chi connectivity index (χ1v) is 6.44. The van der Waals surface area contributed by atoms with Gasteiger partial charge >= 0.3 is 0 Å². The first kappa shape index (κ1) is 10.9. The Morgan fingerprint density at radius 1 is 1.00 bits per heavy atom. The zero-order chi connectivity index (χ0) is 11.8. The van der Waals surface area contributed by atoms with E-state index >= 15 is 0 Å². The average molecular weight is 307 g/mol. The molecule has 0 saturated carbocycles. The molecule has 2 aromatic carbocycles. The number of H-pyrrole nitrogens is 1. The molecule has 3 aromatic rings. The number of para-hydroxylation sites is 1. The molecule has 0 amide bonds. The van der Waals surface area contributed by atoms with Crippen LogP contribution in [0, 0.1) is 0 Å². The molecule has 0 atom stereocenters. The van der Waals surface area contributed by atoms with Crippen molar-refractivity contribution in [3.63, 3.8) is 0 Å². The Hall–Kier alpha value is -1.25. The molecule has 84 valence electrons. The maximum absolute atomic E-state index is 6.03. The number of aromatic amines is 1. The van der Waals surface area contributed by atoms with Crippen molar-refractivity contribution in [3.8, 4) is 11.3 Å². The molecule has 17 heavy (non-hydrogen) atoms. The summed E-state index contributed by atoms with van der Waals surface area (Å²) in [6, 6.07) is 16.1. The summed E-state index contributed by atoms with van der Waals surface area (Å²) in [5.41, 5.74) is 3.28. The van der Waals surface area contributed by atoms with Crippen molar-refractivity contribution < 1.29 is 0 Å². The van der Waals surface area contributed by atoms with E-state index in [1.54, 1.807) is 0 Å². The van der Waals surface area contributed by atoms with Gasteiger partial charge in [0.05, 0.1) is 0 Å². The smallest absolute Gasteiger partial charge is 0.0476 e. The van der Waals surface area contributed by atoms with Gasteiger partial charge in [0, 0.05) is 31.7 Å². The minimum atomic E-state index is 0.738. The van der Waals surface area contributed by atoms with E-state index in [0.717, 1.165) is 26.3 Å². The lowest BCUT2D eigenvalue weighted by Gasteiger charge is -2.02. The summed E-state index contributed by atoms with van der Waals surface area (Å²) in [6.07, 6.45) is 0. The Kier molecular flexibility index (Phi) is 2.69. The Balaban J connectivity index is 2.23. The first-order valence-electron chi connectivity index (χ1n) is 5.27. The number of hydrogen-bond acceptors (Lipinski definition) is 0. The van der Waals surface area contributed by atoms with Crippen LogP contribution >= 0.6 is 27.5 Å². The molecule has 0 aliphatic rings. The lowest BCUT2D eigenvalue weighted by molar-refractivity contribution is 1.44. The number of rotatable bonds is 1. The second kappa shape index (κ2) is 4.21. The summed E-state index contributed by atoms with van der Waals surface area (Å²) in [4.78, 5) is 3.39. The van der Waals surface area contributed by atoms with Crippen LogP contribution in [0.5, 0.6) is 0 Å². The van der Waals surface area contributed by atoms with Gasteiger partial charge in [0.2, 0.25) is 0 Å². The largest absolute Gasteiger partial charge is 0.354 e. The maximum atomic E-state index is 6.03. The SMILES string of the molecule is Clc1ccc(Br)c(-c2cc3ccccc3[nH]2)c1. The quantitative estimate of drug-likeness (QED) is 0.632. The zero-order valence-electron chi connectivity index (χ0n) is 8.87. The fourth-order valence-corrected chi connectivity index (χ4v) is 2.55. The molecule has 0 saturated heterocycles. The number of fused-ring (bicyclic) bond motifs is 1. The highest BCUT2D eigenvalue weighted by atomic mass is 79.9. The molecule has 0 aliphatic carbocycles. The van der Waals surface area contributed by atoms with Crippen LogP contribution in [-0.2, 0) is 0 Å². The van der Waals surface area contributed by atoms with Crippen LogP contribution < -0.4 is 0 Å². The van der Waals surface area contributed by atoms with Gasteiger partial charge in [-0.25, -0.2) is 0 Å². The Bertz CT molecular complexity index is 655. The van der Waals surface area contributed by atoms with Gasteiger partial charge in [0.1, 0.15) is 0 Å². The van der Waals surface area contributed by atoms with E-state index in [-0.39, 0.29) is 0 Å². The van der Waals surface area contributed by atoms with E-state index in [2.05, 4.69) is 39.1 Å². The number of nitrogens with one attached hydrogen (secondary N) is 1. The van der Waals surface area contributed by atoms with E-state index < -0.39 is 0 Å². The summed E-state index contributed by atoms with van der Waals surface area (Å²) < 4.78 is 1.04. The first-order chi connectivity index (χ1) is 8.24. The summed E-state index contributed by atoms with van der Waals surface area (Å²) in [5.74, 6) is 0. The van der Waals surface area contributed by atoms with Gasteiger partial charge in [0.25, 0.3) is 0 Å². The topological polar surface area (TPSA) is 15.8 Å². The highest BCUT2D eigenvalue weighted by Crippen LogP contribution is 2.32. The predicted molar refractivity (Wildman–Crippen MR) is 76.4 cm³/mol. The summed E-state index contributed by atoms with van der Waals surface area (Å²) in [5, 5.41) is 1.94. The summed E-state index contributed by atoms with van der Waals surface area (Å²) in [6.45, 7) is 0. The van der Waals surface area contributed by atoms with Crippen LogP contribution in [-0.4, -0.2) is 4.98 Å².